The number of carbonyl (C=O) groups excluding carboxylic acids is 1. The third-order valence-corrected chi connectivity index (χ3v) is 7.97. The van der Waals surface area contributed by atoms with Crippen molar-refractivity contribution in [2.75, 3.05) is 0 Å². The second-order valence-electron chi connectivity index (χ2n) is 10.4. The molecule has 5 rings (SSSR count). The first kappa shape index (κ1) is 23.0. The van der Waals surface area contributed by atoms with E-state index in [0.717, 1.165) is 65.6 Å². The molecular weight excluding hydrogens is 423 g/mol. The third kappa shape index (κ3) is 4.60. The number of nitrogens with one attached hydrogen (secondary N) is 1. The SMILES string of the molecule is CC1=C(c2cnc(/C(=C\CCCC3(F)CCCCC3)c3ccc4c(c3)CNC4=O)c(C)c2)CC1. The molecule has 1 aromatic carbocycles. The fourth-order valence-electron chi connectivity index (χ4n) is 5.76. The number of amides is 1. The van der Waals surface area contributed by atoms with Gasteiger partial charge < -0.3 is 5.32 Å². The molecule has 0 radical (unpaired) electrons. The van der Waals surface area contributed by atoms with E-state index in [0.29, 0.717) is 25.8 Å². The second kappa shape index (κ2) is 9.48. The molecule has 0 atom stereocenters. The van der Waals surface area contributed by atoms with E-state index in [2.05, 4.69) is 37.4 Å². The van der Waals surface area contributed by atoms with Crippen molar-refractivity contribution in [3.8, 4) is 0 Å². The summed E-state index contributed by atoms with van der Waals surface area (Å²) < 4.78 is 15.1. The lowest BCUT2D eigenvalue weighted by molar-refractivity contribution is 0.0940. The molecule has 0 bridgehead atoms. The number of aromatic nitrogens is 1. The van der Waals surface area contributed by atoms with Crippen LogP contribution in [0.2, 0.25) is 0 Å². The maximum Gasteiger partial charge on any atom is 0.251 e. The van der Waals surface area contributed by atoms with Crippen molar-refractivity contribution in [2.45, 2.75) is 90.3 Å². The van der Waals surface area contributed by atoms with Crippen LogP contribution in [0.4, 0.5) is 4.39 Å². The van der Waals surface area contributed by atoms with E-state index >= 15 is 4.39 Å². The van der Waals surface area contributed by atoms with Gasteiger partial charge in [-0.1, -0.05) is 37.0 Å². The Morgan fingerprint density at radius 2 is 1.97 bits per heavy atom. The first-order chi connectivity index (χ1) is 16.4. The summed E-state index contributed by atoms with van der Waals surface area (Å²) in [4.78, 5) is 17.0. The zero-order valence-corrected chi connectivity index (χ0v) is 20.5. The molecule has 2 aromatic rings. The van der Waals surface area contributed by atoms with Gasteiger partial charge in [0.2, 0.25) is 0 Å². The fourth-order valence-corrected chi connectivity index (χ4v) is 5.76. The first-order valence-corrected chi connectivity index (χ1v) is 12.9. The van der Waals surface area contributed by atoms with Crippen molar-refractivity contribution in [3.05, 3.63) is 75.6 Å². The average Bonchev–Trinajstić information content (AvgIpc) is 3.19. The number of benzene rings is 1. The summed E-state index contributed by atoms with van der Waals surface area (Å²) in [6.07, 6.45) is 13.5. The molecule has 0 unspecified atom stereocenters. The number of nitrogens with zero attached hydrogens (tertiary/aromatic N) is 1. The Morgan fingerprint density at radius 3 is 2.68 bits per heavy atom. The standard InChI is InChI=1S/C30H35FN2O/c1-20-9-11-25(20)23-16-21(2)28(32-18-23)26(8-4-7-15-30(31)13-5-3-6-14-30)22-10-12-27-24(17-22)19-33-29(27)34/h8,10,12,16-18H,3-7,9,11,13-15,19H2,1-2H3,(H,33,34)/b26-8-. The van der Waals surface area contributed by atoms with E-state index in [9.17, 15) is 4.79 Å². The summed E-state index contributed by atoms with van der Waals surface area (Å²) in [6.45, 7) is 4.90. The van der Waals surface area contributed by atoms with Crippen LogP contribution in [0.3, 0.4) is 0 Å². The molecule has 1 amide bonds. The lowest BCUT2D eigenvalue weighted by Gasteiger charge is -2.29. The minimum absolute atomic E-state index is 0.00407. The summed E-state index contributed by atoms with van der Waals surface area (Å²) in [7, 11) is 0. The average molecular weight is 459 g/mol. The van der Waals surface area contributed by atoms with Gasteiger partial charge in [0.25, 0.3) is 5.91 Å². The third-order valence-electron chi connectivity index (χ3n) is 7.97. The van der Waals surface area contributed by atoms with Crippen LogP contribution in [-0.4, -0.2) is 16.6 Å². The maximum atomic E-state index is 15.1. The van der Waals surface area contributed by atoms with E-state index < -0.39 is 5.67 Å². The molecule has 1 fully saturated rings. The van der Waals surface area contributed by atoms with Crippen molar-refractivity contribution in [1.82, 2.24) is 10.3 Å². The zero-order valence-electron chi connectivity index (χ0n) is 20.5. The number of hydrogen-bond donors (Lipinski definition) is 1. The number of alkyl halides is 1. The van der Waals surface area contributed by atoms with Gasteiger partial charge in [-0.3, -0.25) is 9.78 Å². The van der Waals surface area contributed by atoms with Gasteiger partial charge in [0.1, 0.15) is 5.67 Å². The van der Waals surface area contributed by atoms with E-state index in [-0.39, 0.29) is 5.91 Å². The number of carbonyl (C=O) groups is 1. The van der Waals surface area contributed by atoms with Crippen LogP contribution in [-0.2, 0) is 6.54 Å². The lowest BCUT2D eigenvalue weighted by atomic mass is 9.82. The summed E-state index contributed by atoms with van der Waals surface area (Å²) in [5, 5.41) is 2.91. The van der Waals surface area contributed by atoms with Crippen LogP contribution in [0, 0.1) is 6.92 Å². The van der Waals surface area contributed by atoms with Gasteiger partial charge in [-0.15, -0.1) is 0 Å². The van der Waals surface area contributed by atoms with Crippen molar-refractivity contribution in [3.63, 3.8) is 0 Å². The zero-order chi connectivity index (χ0) is 23.7. The molecule has 2 aliphatic carbocycles. The lowest BCUT2D eigenvalue weighted by Crippen LogP contribution is -2.25. The fraction of sp³-hybridized carbons (Fsp3) is 0.467. The number of fused-ring (bicyclic) bond motifs is 1. The molecular formula is C30H35FN2O. The number of rotatable bonds is 7. The van der Waals surface area contributed by atoms with E-state index in [1.165, 1.54) is 29.6 Å². The molecule has 1 aliphatic heterocycles. The highest BCUT2D eigenvalue weighted by Gasteiger charge is 2.30. The highest BCUT2D eigenvalue weighted by Crippen LogP contribution is 2.38. The molecule has 3 nitrogen and oxygen atoms in total. The normalized spacial score (nSPS) is 19.6. The van der Waals surface area contributed by atoms with Crippen LogP contribution in [0.1, 0.15) is 109 Å². The topological polar surface area (TPSA) is 42.0 Å². The molecule has 178 valence electrons. The van der Waals surface area contributed by atoms with E-state index in [1.807, 2.05) is 18.3 Å². The number of aryl methyl sites for hydroxylation is 1. The van der Waals surface area contributed by atoms with Gasteiger partial charge in [-0.05, 0) is 105 Å². The Hall–Kier alpha value is -2.75. The van der Waals surface area contributed by atoms with E-state index in [1.54, 1.807) is 0 Å². The van der Waals surface area contributed by atoms with Gasteiger partial charge in [0.15, 0.2) is 0 Å². The summed E-state index contributed by atoms with van der Waals surface area (Å²) >= 11 is 0. The highest BCUT2D eigenvalue weighted by molar-refractivity contribution is 5.99. The summed E-state index contributed by atoms with van der Waals surface area (Å²) in [5.74, 6) is -0.00407. The Balaban J connectivity index is 1.43. The summed E-state index contributed by atoms with van der Waals surface area (Å²) in [5.41, 5.74) is 9.22. The molecule has 1 N–H and O–H groups in total. The van der Waals surface area contributed by atoms with Crippen LogP contribution in [0.15, 0.2) is 42.1 Å². The molecule has 1 aromatic heterocycles. The number of halogens is 1. The quantitative estimate of drug-likeness (QED) is 0.437. The molecule has 3 aliphatic rings. The minimum Gasteiger partial charge on any atom is -0.348 e. The molecule has 4 heteroatoms. The van der Waals surface area contributed by atoms with Gasteiger partial charge >= 0.3 is 0 Å². The molecule has 1 saturated carbocycles. The largest absolute Gasteiger partial charge is 0.348 e. The molecule has 0 saturated heterocycles. The van der Waals surface area contributed by atoms with Crippen molar-refractivity contribution in [1.29, 1.82) is 0 Å². The smallest absolute Gasteiger partial charge is 0.251 e. The van der Waals surface area contributed by atoms with Crippen molar-refractivity contribution < 1.29 is 9.18 Å². The predicted molar refractivity (Wildman–Crippen MR) is 136 cm³/mol. The number of hydrogen-bond acceptors (Lipinski definition) is 2. The molecule has 2 heterocycles. The van der Waals surface area contributed by atoms with Gasteiger partial charge in [0, 0.05) is 23.9 Å². The predicted octanol–water partition coefficient (Wildman–Crippen LogP) is 7.48. The van der Waals surface area contributed by atoms with Gasteiger partial charge in [-0.2, -0.15) is 0 Å². The maximum absolute atomic E-state index is 15.1. The Kier molecular flexibility index (Phi) is 6.42. The monoisotopic (exact) mass is 458 g/mol. The van der Waals surface area contributed by atoms with Crippen LogP contribution in [0.25, 0.3) is 11.1 Å². The Labute approximate surface area is 202 Å². The van der Waals surface area contributed by atoms with Crippen molar-refractivity contribution in [2.24, 2.45) is 0 Å². The van der Waals surface area contributed by atoms with Crippen LogP contribution >= 0.6 is 0 Å². The molecule has 0 spiro atoms. The van der Waals surface area contributed by atoms with Gasteiger partial charge in [-0.25, -0.2) is 4.39 Å². The van der Waals surface area contributed by atoms with E-state index in [4.69, 9.17) is 4.98 Å². The van der Waals surface area contributed by atoms with Gasteiger partial charge in [0.05, 0.1) is 5.69 Å². The van der Waals surface area contributed by atoms with Crippen molar-refractivity contribution >= 4 is 17.1 Å². The second-order valence-corrected chi connectivity index (χ2v) is 10.4. The summed E-state index contributed by atoms with van der Waals surface area (Å²) in [6, 6.07) is 8.32. The number of unbranched alkanes of at least 4 members (excludes halogenated alkanes) is 1. The van der Waals surface area contributed by atoms with Crippen LogP contribution in [0.5, 0.6) is 0 Å². The Morgan fingerprint density at radius 1 is 1.15 bits per heavy atom. The highest BCUT2D eigenvalue weighted by atomic mass is 19.1. The number of pyridine rings is 1. The molecule has 34 heavy (non-hydrogen) atoms. The minimum atomic E-state index is -0.976. The first-order valence-electron chi connectivity index (χ1n) is 12.9. The van der Waals surface area contributed by atoms with Crippen LogP contribution < -0.4 is 5.32 Å². The Bertz CT molecular complexity index is 1170. The number of allylic oxidation sites excluding steroid dienone is 3.